The van der Waals surface area contributed by atoms with E-state index in [1.54, 1.807) is 16.2 Å². The number of hydrogen-bond donors (Lipinski definition) is 3. The van der Waals surface area contributed by atoms with Crippen molar-refractivity contribution in [3.8, 4) is 0 Å². The van der Waals surface area contributed by atoms with E-state index in [0.29, 0.717) is 64.0 Å². The summed E-state index contributed by atoms with van der Waals surface area (Å²) in [7, 11) is 0. The second-order valence-electron chi connectivity index (χ2n) is 13.4. The molecule has 0 spiro atoms. The van der Waals surface area contributed by atoms with Crippen molar-refractivity contribution < 1.29 is 23.6 Å². The van der Waals surface area contributed by atoms with Gasteiger partial charge in [0.1, 0.15) is 11.9 Å². The highest BCUT2D eigenvalue weighted by Gasteiger charge is 2.42. The summed E-state index contributed by atoms with van der Waals surface area (Å²) in [5.74, 6) is -0.768. The van der Waals surface area contributed by atoms with E-state index < -0.39 is 17.9 Å². The number of piperidine rings is 1. The molecule has 5 heterocycles. The molecule has 2 aromatic carbocycles. The number of amides is 4. The average molecular weight is 689 g/mol. The SMILES string of the molecule is Cc1sc2nc1CC(=O)N[C@@H](CCCCNC(=O)c1ccc(F)cc1)CC(=O)N1C[C@@H](NCc3ccccc3)C[C@H]1C(=O)N1CCC2CC1. The van der Waals surface area contributed by atoms with Gasteiger partial charge in [-0.15, -0.1) is 11.3 Å². The minimum Gasteiger partial charge on any atom is -0.353 e. The standard InChI is InChI=1S/C37H45FN6O4S/c1-24-31-21-33(45)41-29(9-5-6-16-39-35(47)26-10-12-28(38)13-11-26)20-34(46)44-23-30(40-22-25-7-3-2-4-8-25)19-32(44)37(48)43-17-14-27(15-18-43)36(42-31)49-24/h2-4,7-8,10-13,27,29-30,32,40H,5-6,9,14-23H2,1H3,(H,39,47)(H,41,45)/t29-,30-,32-/m0/s1. The molecule has 0 unspecified atom stereocenters. The van der Waals surface area contributed by atoms with Crippen molar-refractivity contribution in [2.75, 3.05) is 26.2 Å². The van der Waals surface area contributed by atoms with Crippen molar-refractivity contribution in [3.63, 3.8) is 0 Å². The number of unbranched alkanes of at least 4 members (excludes halogenated alkanes) is 1. The molecular weight excluding hydrogens is 644 g/mol. The van der Waals surface area contributed by atoms with Crippen molar-refractivity contribution in [1.29, 1.82) is 0 Å². The van der Waals surface area contributed by atoms with Gasteiger partial charge in [-0.2, -0.15) is 0 Å². The van der Waals surface area contributed by atoms with Crippen LogP contribution < -0.4 is 16.0 Å². The maximum Gasteiger partial charge on any atom is 0.251 e. The highest BCUT2D eigenvalue weighted by Crippen LogP contribution is 2.34. The predicted octanol–water partition coefficient (Wildman–Crippen LogP) is 4.09. The second kappa shape index (κ2) is 16.0. The van der Waals surface area contributed by atoms with Crippen LogP contribution in [-0.4, -0.2) is 82.7 Å². The lowest BCUT2D eigenvalue weighted by molar-refractivity contribution is -0.145. The minimum atomic E-state index is -0.558. The Labute approximate surface area is 290 Å². The van der Waals surface area contributed by atoms with Gasteiger partial charge < -0.3 is 25.8 Å². The van der Waals surface area contributed by atoms with Crippen LogP contribution in [0.2, 0.25) is 0 Å². The van der Waals surface area contributed by atoms with Crippen LogP contribution in [-0.2, 0) is 27.3 Å². The number of fused-ring (bicyclic) bond motifs is 7. The number of benzene rings is 2. The van der Waals surface area contributed by atoms with Gasteiger partial charge in [0.2, 0.25) is 17.7 Å². The summed E-state index contributed by atoms with van der Waals surface area (Å²) in [6.07, 6.45) is 4.20. The maximum atomic E-state index is 14.1. The number of thiazole rings is 1. The molecule has 4 aliphatic rings. The molecule has 3 atom stereocenters. The third-order valence-electron chi connectivity index (χ3n) is 9.89. The molecule has 3 N–H and O–H groups in total. The highest BCUT2D eigenvalue weighted by atomic mass is 32.1. The first kappa shape index (κ1) is 34.7. The molecule has 1 aromatic heterocycles. The summed E-state index contributed by atoms with van der Waals surface area (Å²) in [5.41, 5.74) is 2.29. The number of carbonyl (C=O) groups excluding carboxylic acids is 4. The fraction of sp³-hybridized carbons (Fsp3) is 0.486. The summed E-state index contributed by atoms with van der Waals surface area (Å²) in [5, 5.41) is 10.6. The van der Waals surface area contributed by atoms with Crippen LogP contribution in [0.1, 0.15) is 82.4 Å². The monoisotopic (exact) mass is 688 g/mol. The average Bonchev–Trinajstić information content (AvgIpc) is 3.70. The molecule has 0 saturated carbocycles. The number of aromatic nitrogens is 1. The Morgan fingerprint density at radius 1 is 1.04 bits per heavy atom. The third-order valence-corrected chi connectivity index (χ3v) is 11.1. The Balaban J connectivity index is 1.15. The van der Waals surface area contributed by atoms with Gasteiger partial charge in [0.05, 0.1) is 17.1 Å². The van der Waals surface area contributed by atoms with Crippen LogP contribution in [0.5, 0.6) is 0 Å². The molecule has 4 bridgehead atoms. The summed E-state index contributed by atoms with van der Waals surface area (Å²) < 4.78 is 13.2. The van der Waals surface area contributed by atoms with E-state index in [-0.39, 0.29) is 48.4 Å². The van der Waals surface area contributed by atoms with Crippen molar-refractivity contribution >= 4 is 35.0 Å². The van der Waals surface area contributed by atoms with Crippen LogP contribution in [0.4, 0.5) is 4.39 Å². The van der Waals surface area contributed by atoms with Crippen molar-refractivity contribution in [2.45, 2.75) is 88.9 Å². The van der Waals surface area contributed by atoms with E-state index in [1.807, 2.05) is 30.0 Å². The molecule has 7 rings (SSSR count). The number of aryl methyl sites for hydroxylation is 1. The van der Waals surface area contributed by atoms with E-state index >= 15 is 0 Å². The fourth-order valence-corrected chi connectivity index (χ4v) is 8.21. The zero-order chi connectivity index (χ0) is 34.3. The number of carbonyl (C=O) groups is 4. The quantitative estimate of drug-likeness (QED) is 0.291. The molecule has 4 amide bonds. The molecule has 3 aromatic rings. The van der Waals surface area contributed by atoms with Gasteiger partial charge in [0, 0.05) is 67.6 Å². The summed E-state index contributed by atoms with van der Waals surface area (Å²) in [6, 6.07) is 14.4. The molecule has 49 heavy (non-hydrogen) atoms. The Morgan fingerprint density at radius 3 is 2.55 bits per heavy atom. The first-order valence-corrected chi connectivity index (χ1v) is 18.2. The Bertz CT molecular complexity index is 1630. The lowest BCUT2D eigenvalue weighted by Gasteiger charge is -2.35. The highest BCUT2D eigenvalue weighted by molar-refractivity contribution is 7.11. The molecular formula is C37H45FN6O4S. The van der Waals surface area contributed by atoms with Crippen LogP contribution in [0.15, 0.2) is 54.6 Å². The van der Waals surface area contributed by atoms with Gasteiger partial charge in [0.15, 0.2) is 0 Å². The molecule has 2 saturated heterocycles. The van der Waals surface area contributed by atoms with Crippen LogP contribution >= 0.6 is 11.3 Å². The normalized spacial score (nSPS) is 23.0. The Kier molecular flexibility index (Phi) is 11.4. The van der Waals surface area contributed by atoms with Crippen molar-refractivity contribution in [2.24, 2.45) is 0 Å². The van der Waals surface area contributed by atoms with Crippen molar-refractivity contribution in [1.82, 2.24) is 30.7 Å². The smallest absolute Gasteiger partial charge is 0.251 e. The Hall–Kier alpha value is -4.16. The largest absolute Gasteiger partial charge is 0.353 e. The first-order valence-electron chi connectivity index (χ1n) is 17.4. The molecule has 2 fully saturated rings. The van der Waals surface area contributed by atoms with Gasteiger partial charge in [-0.1, -0.05) is 30.3 Å². The zero-order valence-electron chi connectivity index (χ0n) is 28.0. The summed E-state index contributed by atoms with van der Waals surface area (Å²) in [6.45, 7) is 4.71. The van der Waals surface area contributed by atoms with Gasteiger partial charge in [-0.3, -0.25) is 19.2 Å². The second-order valence-corrected chi connectivity index (χ2v) is 14.7. The van der Waals surface area contributed by atoms with E-state index in [0.717, 1.165) is 34.0 Å². The van der Waals surface area contributed by atoms with Gasteiger partial charge in [-0.05, 0) is 75.3 Å². The number of halogens is 1. The van der Waals surface area contributed by atoms with E-state index in [9.17, 15) is 23.6 Å². The topological polar surface area (TPSA) is 124 Å². The zero-order valence-corrected chi connectivity index (χ0v) is 28.8. The lowest BCUT2D eigenvalue weighted by atomic mass is 9.96. The van der Waals surface area contributed by atoms with Gasteiger partial charge in [0.25, 0.3) is 5.91 Å². The number of nitrogens with one attached hydrogen (secondary N) is 3. The predicted molar refractivity (Wildman–Crippen MR) is 185 cm³/mol. The van der Waals surface area contributed by atoms with Crippen LogP contribution in [0.25, 0.3) is 0 Å². The molecule has 0 radical (unpaired) electrons. The van der Waals surface area contributed by atoms with E-state index in [1.165, 1.54) is 24.3 Å². The number of nitrogens with zero attached hydrogens (tertiary/aromatic N) is 3. The van der Waals surface area contributed by atoms with Crippen molar-refractivity contribution in [3.05, 3.63) is 87.1 Å². The molecule has 260 valence electrons. The molecule has 12 heteroatoms. The van der Waals surface area contributed by atoms with Gasteiger partial charge >= 0.3 is 0 Å². The van der Waals surface area contributed by atoms with Crippen LogP contribution in [0, 0.1) is 12.7 Å². The maximum absolute atomic E-state index is 14.1. The number of rotatable bonds is 9. The fourth-order valence-electron chi connectivity index (χ4n) is 7.10. The summed E-state index contributed by atoms with van der Waals surface area (Å²) in [4.78, 5) is 63.5. The summed E-state index contributed by atoms with van der Waals surface area (Å²) >= 11 is 1.64. The first-order chi connectivity index (χ1) is 23.7. The third kappa shape index (κ3) is 8.90. The molecule has 10 nitrogen and oxygen atoms in total. The molecule has 4 aliphatic heterocycles. The number of hydrogen-bond acceptors (Lipinski definition) is 7. The molecule has 0 aliphatic carbocycles. The Morgan fingerprint density at radius 2 is 1.80 bits per heavy atom. The lowest BCUT2D eigenvalue weighted by Crippen LogP contribution is -2.51. The van der Waals surface area contributed by atoms with Gasteiger partial charge in [-0.25, -0.2) is 9.37 Å². The minimum absolute atomic E-state index is 0.00334. The van der Waals surface area contributed by atoms with E-state index in [4.69, 9.17) is 4.98 Å². The van der Waals surface area contributed by atoms with Crippen LogP contribution in [0.3, 0.4) is 0 Å². The van der Waals surface area contributed by atoms with E-state index in [2.05, 4.69) is 28.1 Å².